The summed E-state index contributed by atoms with van der Waals surface area (Å²) < 4.78 is 0.619. The maximum Gasteiger partial charge on any atom is 0.376 e. The Hall–Kier alpha value is -0.460. The monoisotopic (exact) mass is 654 g/mol. The van der Waals surface area contributed by atoms with Gasteiger partial charge in [0.2, 0.25) is 0 Å². The number of aromatic nitrogens is 2. The van der Waals surface area contributed by atoms with Gasteiger partial charge in [0.05, 0.1) is 25.8 Å². The topological polar surface area (TPSA) is 110 Å². The van der Waals surface area contributed by atoms with Crippen LogP contribution in [0.4, 0.5) is 0 Å². The van der Waals surface area contributed by atoms with Crippen LogP contribution in [0, 0.1) is 0 Å². The highest BCUT2D eigenvalue weighted by atomic mass is 79.9. The number of aliphatic hydroxyl groups is 1. The fourth-order valence-electron chi connectivity index (χ4n) is 3.81. The predicted octanol–water partition coefficient (Wildman–Crippen LogP) is 4.69. The highest BCUT2D eigenvalue weighted by Gasteiger charge is 2.38. The summed E-state index contributed by atoms with van der Waals surface area (Å²) in [6, 6.07) is 3.21. The standard InChI is InChI=1S/C11H15BCl2N2O2.C6H12BNO2.C5H2BrCl2N/c1-12(18)16-4-2-11(17,3-5-16)10-9(14)6-8(13)7-15-10;1-7(10)8-4-2-6(9)3-5-8;6-5-4(8)1-3(7)2-9-5/h6-7,17-18H,2-5H2,1H3;10H,2-5H2,1H3;1-2H. The summed E-state index contributed by atoms with van der Waals surface area (Å²) in [6.07, 6.45) is 5.20. The molecule has 0 aromatic carbocycles. The summed E-state index contributed by atoms with van der Waals surface area (Å²) in [5.74, 6) is 0.317. The second kappa shape index (κ2) is 15.4. The van der Waals surface area contributed by atoms with Crippen molar-refractivity contribution in [3.8, 4) is 0 Å². The van der Waals surface area contributed by atoms with Crippen molar-refractivity contribution in [2.45, 2.75) is 44.9 Å². The molecule has 202 valence electrons. The third kappa shape index (κ3) is 10.6. The molecule has 0 spiro atoms. The van der Waals surface area contributed by atoms with Crippen LogP contribution in [-0.2, 0) is 10.4 Å². The number of Topliss-reactive ketones (excluding diaryl/α,β-unsaturated/α-hetero) is 1. The molecule has 0 radical (unpaired) electrons. The Bertz CT molecular complexity index is 1040. The first-order valence-corrected chi connectivity index (χ1v) is 14.0. The van der Waals surface area contributed by atoms with Gasteiger partial charge < -0.3 is 24.8 Å². The van der Waals surface area contributed by atoms with Crippen LogP contribution in [0.3, 0.4) is 0 Å². The van der Waals surface area contributed by atoms with Gasteiger partial charge in [-0.15, -0.1) is 0 Å². The van der Waals surface area contributed by atoms with Crippen molar-refractivity contribution in [1.29, 1.82) is 0 Å². The summed E-state index contributed by atoms with van der Waals surface area (Å²) in [5, 5.41) is 31.1. The van der Waals surface area contributed by atoms with Crippen LogP contribution in [0.1, 0.15) is 31.4 Å². The first-order valence-electron chi connectivity index (χ1n) is 11.7. The van der Waals surface area contributed by atoms with Gasteiger partial charge in [-0.3, -0.25) is 9.78 Å². The van der Waals surface area contributed by atoms with Crippen LogP contribution >= 0.6 is 62.3 Å². The average Bonchev–Trinajstić information content (AvgIpc) is 2.83. The lowest BCUT2D eigenvalue weighted by atomic mass is 9.78. The van der Waals surface area contributed by atoms with Crippen molar-refractivity contribution in [3.63, 3.8) is 0 Å². The molecule has 8 nitrogen and oxygen atoms in total. The van der Waals surface area contributed by atoms with Crippen molar-refractivity contribution in [1.82, 2.24) is 19.6 Å². The molecule has 2 saturated heterocycles. The number of pyridine rings is 2. The lowest BCUT2D eigenvalue weighted by molar-refractivity contribution is -0.120. The molecule has 4 heterocycles. The van der Waals surface area contributed by atoms with Crippen LogP contribution in [-0.4, -0.2) is 80.8 Å². The normalized spacial score (nSPS) is 17.7. The smallest absolute Gasteiger partial charge is 0.376 e. The third-order valence-corrected chi connectivity index (χ3v) is 7.90. The van der Waals surface area contributed by atoms with Crippen LogP contribution in [0.2, 0.25) is 33.7 Å². The van der Waals surface area contributed by atoms with Gasteiger partial charge in [0, 0.05) is 25.2 Å². The van der Waals surface area contributed by atoms with Gasteiger partial charge in [0.25, 0.3) is 0 Å². The largest absolute Gasteiger partial charge is 0.437 e. The van der Waals surface area contributed by atoms with Gasteiger partial charge in [-0.2, -0.15) is 0 Å². The van der Waals surface area contributed by atoms with E-state index in [1.165, 1.54) is 12.4 Å². The number of nitrogens with zero attached hydrogens (tertiary/aromatic N) is 4. The Morgan fingerprint density at radius 3 is 1.76 bits per heavy atom. The lowest BCUT2D eigenvalue weighted by Gasteiger charge is -2.38. The van der Waals surface area contributed by atoms with E-state index in [2.05, 4.69) is 25.9 Å². The molecule has 2 fully saturated rings. The minimum Gasteiger partial charge on any atom is -0.437 e. The lowest BCUT2D eigenvalue weighted by Crippen LogP contribution is -2.48. The molecular formula is C22H29B2BrCl4N4O4. The molecular weight excluding hydrogens is 628 g/mol. The molecule has 0 amide bonds. The number of halogens is 5. The van der Waals surface area contributed by atoms with E-state index in [1.54, 1.807) is 25.8 Å². The maximum absolute atomic E-state index is 10.7. The summed E-state index contributed by atoms with van der Waals surface area (Å²) in [7, 11) is -0.892. The van der Waals surface area contributed by atoms with Crippen molar-refractivity contribution >= 4 is 82.2 Å². The predicted molar refractivity (Wildman–Crippen MR) is 154 cm³/mol. The number of hydrogen-bond donors (Lipinski definition) is 3. The second-order valence-electron chi connectivity index (χ2n) is 8.82. The number of rotatable bonds is 3. The molecule has 0 aliphatic carbocycles. The summed E-state index contributed by atoms with van der Waals surface area (Å²) in [5.41, 5.74) is -0.564. The van der Waals surface area contributed by atoms with Crippen LogP contribution in [0.15, 0.2) is 29.1 Å². The molecule has 0 unspecified atom stereocenters. The number of piperidine rings is 2. The number of carbonyl (C=O) groups excluding carboxylic acids is 1. The van der Waals surface area contributed by atoms with E-state index in [0.29, 0.717) is 74.9 Å². The maximum atomic E-state index is 10.7. The molecule has 2 aliphatic heterocycles. The summed E-state index contributed by atoms with van der Waals surface area (Å²) in [4.78, 5) is 22.5. The van der Waals surface area contributed by atoms with Gasteiger partial charge in [-0.05, 0) is 80.7 Å². The zero-order valence-corrected chi connectivity index (χ0v) is 25.2. The van der Waals surface area contributed by atoms with E-state index in [-0.39, 0.29) is 0 Å². The number of hydrogen-bond acceptors (Lipinski definition) is 8. The molecule has 37 heavy (non-hydrogen) atoms. The van der Waals surface area contributed by atoms with E-state index >= 15 is 0 Å². The van der Waals surface area contributed by atoms with Crippen LogP contribution in [0.5, 0.6) is 0 Å². The van der Waals surface area contributed by atoms with Gasteiger partial charge >= 0.3 is 14.1 Å². The molecule has 2 aromatic rings. The van der Waals surface area contributed by atoms with Crippen molar-refractivity contribution < 1.29 is 19.9 Å². The molecule has 2 aromatic heterocycles. The van der Waals surface area contributed by atoms with Crippen LogP contribution in [0.25, 0.3) is 0 Å². The average molecular weight is 657 g/mol. The van der Waals surface area contributed by atoms with E-state index in [4.69, 9.17) is 51.4 Å². The molecule has 3 N–H and O–H groups in total. The van der Waals surface area contributed by atoms with Crippen molar-refractivity contribution in [3.05, 3.63) is 54.9 Å². The van der Waals surface area contributed by atoms with E-state index in [0.717, 1.165) is 13.1 Å². The second-order valence-corrected chi connectivity index (χ2v) is 11.3. The molecule has 0 saturated carbocycles. The third-order valence-electron chi connectivity index (χ3n) is 6.05. The van der Waals surface area contributed by atoms with Gasteiger partial charge in [0.15, 0.2) is 0 Å². The molecule has 4 rings (SSSR count). The summed E-state index contributed by atoms with van der Waals surface area (Å²) >= 11 is 26.2. The van der Waals surface area contributed by atoms with Gasteiger partial charge in [-0.1, -0.05) is 46.4 Å². The number of ketones is 1. The van der Waals surface area contributed by atoms with E-state index in [9.17, 15) is 14.9 Å². The Balaban J connectivity index is 0.000000214. The van der Waals surface area contributed by atoms with Crippen molar-refractivity contribution in [2.24, 2.45) is 0 Å². The zero-order chi connectivity index (χ0) is 27.8. The highest BCUT2D eigenvalue weighted by Crippen LogP contribution is 2.36. The molecule has 2 aliphatic rings. The van der Waals surface area contributed by atoms with E-state index in [1.807, 2.05) is 9.62 Å². The quantitative estimate of drug-likeness (QED) is 0.323. The minimum absolute atomic E-state index is 0.317. The Morgan fingerprint density at radius 2 is 1.32 bits per heavy atom. The van der Waals surface area contributed by atoms with Gasteiger partial charge in [-0.25, -0.2) is 4.98 Å². The molecule has 0 atom stereocenters. The summed E-state index contributed by atoms with van der Waals surface area (Å²) in [6.45, 7) is 6.10. The fourth-order valence-corrected chi connectivity index (χ4v) is 4.96. The number of carbonyl (C=O) groups is 1. The first kappa shape index (κ1) is 32.8. The highest BCUT2D eigenvalue weighted by molar-refractivity contribution is 9.10. The first-order chi connectivity index (χ1) is 17.3. The fraction of sp³-hybridized carbons (Fsp3) is 0.500. The molecule has 0 bridgehead atoms. The Labute approximate surface area is 246 Å². The van der Waals surface area contributed by atoms with Crippen LogP contribution < -0.4 is 0 Å². The van der Waals surface area contributed by atoms with E-state index < -0.39 is 19.7 Å². The zero-order valence-electron chi connectivity index (χ0n) is 20.5. The minimum atomic E-state index is -1.03. The Kier molecular flexibility index (Phi) is 13.6. The Morgan fingerprint density at radius 1 is 0.865 bits per heavy atom. The molecule has 15 heteroatoms. The van der Waals surface area contributed by atoms with Gasteiger partial charge in [0.1, 0.15) is 16.0 Å². The van der Waals surface area contributed by atoms with Crippen molar-refractivity contribution in [2.75, 3.05) is 26.2 Å². The SMILES string of the molecule is CB(O)N1CCC(=O)CC1.CB(O)N1CCC(O)(c2ncc(Cl)cc2Cl)CC1.Clc1cnc(Br)c(Cl)c1.